The Morgan fingerprint density at radius 2 is 2.14 bits per heavy atom. The second-order valence-electron chi connectivity index (χ2n) is 6.49. The van der Waals surface area contributed by atoms with Crippen LogP contribution in [0.3, 0.4) is 0 Å². The Morgan fingerprint density at radius 1 is 1.38 bits per heavy atom. The van der Waals surface area contributed by atoms with Crippen LogP contribution in [0.15, 0.2) is 24.3 Å². The number of carbonyl (C=O) groups is 1. The van der Waals surface area contributed by atoms with Crippen LogP contribution in [0.1, 0.15) is 43.9 Å². The van der Waals surface area contributed by atoms with Gasteiger partial charge in [-0.3, -0.25) is 4.79 Å². The quantitative estimate of drug-likeness (QED) is 0.902. The lowest BCUT2D eigenvalue weighted by molar-refractivity contribution is -0.140. The number of rotatable bonds is 5. The zero-order chi connectivity index (χ0) is 14.8. The van der Waals surface area contributed by atoms with Crippen molar-refractivity contribution in [1.29, 1.82) is 0 Å². The Bertz CT molecular complexity index is 510. The molecule has 1 aromatic carbocycles. The molecule has 114 valence electrons. The molecule has 21 heavy (non-hydrogen) atoms. The molecule has 1 amide bonds. The molecule has 3 nitrogen and oxygen atoms in total. The van der Waals surface area contributed by atoms with Crippen molar-refractivity contribution >= 4 is 5.91 Å². The molecule has 2 atom stereocenters. The summed E-state index contributed by atoms with van der Waals surface area (Å²) in [6.45, 7) is 7.14. The zero-order valence-electron chi connectivity index (χ0n) is 13.1. The van der Waals surface area contributed by atoms with Gasteiger partial charge in [0.1, 0.15) is 0 Å². The molecule has 0 radical (unpaired) electrons. The van der Waals surface area contributed by atoms with Gasteiger partial charge in [-0.05, 0) is 49.4 Å². The van der Waals surface area contributed by atoms with Gasteiger partial charge in [-0.15, -0.1) is 0 Å². The molecule has 3 rings (SSSR count). The smallest absolute Gasteiger partial charge is 0.226 e. The molecule has 1 aliphatic heterocycles. The van der Waals surface area contributed by atoms with E-state index in [4.69, 9.17) is 0 Å². The molecule has 1 N–H and O–H groups in total. The van der Waals surface area contributed by atoms with E-state index in [0.29, 0.717) is 17.9 Å². The van der Waals surface area contributed by atoms with E-state index in [0.717, 1.165) is 38.9 Å². The van der Waals surface area contributed by atoms with Gasteiger partial charge in [0.15, 0.2) is 0 Å². The molecule has 3 heteroatoms. The van der Waals surface area contributed by atoms with Gasteiger partial charge in [0.2, 0.25) is 5.91 Å². The van der Waals surface area contributed by atoms with Gasteiger partial charge in [0.25, 0.3) is 0 Å². The van der Waals surface area contributed by atoms with Crippen LogP contribution in [-0.4, -0.2) is 30.4 Å². The maximum Gasteiger partial charge on any atom is 0.226 e. The normalized spacial score (nSPS) is 22.5. The van der Waals surface area contributed by atoms with Crippen molar-refractivity contribution in [3.63, 3.8) is 0 Å². The van der Waals surface area contributed by atoms with Crippen molar-refractivity contribution in [3.05, 3.63) is 35.4 Å². The van der Waals surface area contributed by atoms with Gasteiger partial charge in [0.05, 0.1) is 6.04 Å². The summed E-state index contributed by atoms with van der Waals surface area (Å²) in [7, 11) is 0. The van der Waals surface area contributed by atoms with Crippen molar-refractivity contribution < 1.29 is 4.79 Å². The number of amides is 1. The summed E-state index contributed by atoms with van der Waals surface area (Å²) < 4.78 is 0. The number of nitrogens with one attached hydrogen (secondary N) is 1. The Morgan fingerprint density at radius 3 is 2.81 bits per heavy atom. The molecule has 2 unspecified atom stereocenters. The molecular weight excluding hydrogens is 260 g/mol. The van der Waals surface area contributed by atoms with E-state index in [1.807, 2.05) is 0 Å². The lowest BCUT2D eigenvalue weighted by Crippen LogP contribution is -2.51. The molecule has 1 heterocycles. The van der Waals surface area contributed by atoms with Crippen LogP contribution < -0.4 is 5.32 Å². The van der Waals surface area contributed by atoms with Crippen LogP contribution in [0, 0.1) is 11.8 Å². The number of benzene rings is 1. The van der Waals surface area contributed by atoms with Gasteiger partial charge in [0, 0.05) is 12.5 Å². The molecule has 1 aromatic rings. The van der Waals surface area contributed by atoms with E-state index < -0.39 is 0 Å². The first-order valence-electron chi connectivity index (χ1n) is 8.31. The predicted molar refractivity (Wildman–Crippen MR) is 85.0 cm³/mol. The predicted octanol–water partition coefficient (Wildman–Crippen LogP) is 2.77. The van der Waals surface area contributed by atoms with Crippen LogP contribution in [0.25, 0.3) is 0 Å². The Balaban J connectivity index is 1.80. The van der Waals surface area contributed by atoms with Crippen LogP contribution in [-0.2, 0) is 11.2 Å². The zero-order valence-corrected chi connectivity index (χ0v) is 13.1. The number of hydrogen-bond acceptors (Lipinski definition) is 2. The summed E-state index contributed by atoms with van der Waals surface area (Å²) in [5, 5.41) is 3.28. The molecular formula is C18H26N2O. The lowest BCUT2D eigenvalue weighted by Gasteiger charge is -2.37. The van der Waals surface area contributed by atoms with Crippen molar-refractivity contribution in [2.24, 2.45) is 11.8 Å². The van der Waals surface area contributed by atoms with E-state index >= 15 is 0 Å². The first-order valence-corrected chi connectivity index (χ1v) is 8.31. The summed E-state index contributed by atoms with van der Waals surface area (Å²) >= 11 is 0. The maximum absolute atomic E-state index is 13.0. The number of carbonyl (C=O) groups excluding carboxylic acids is 1. The van der Waals surface area contributed by atoms with E-state index in [9.17, 15) is 4.79 Å². The van der Waals surface area contributed by atoms with E-state index in [1.54, 1.807) is 0 Å². The summed E-state index contributed by atoms with van der Waals surface area (Å²) in [4.78, 5) is 15.1. The third-order valence-electron chi connectivity index (χ3n) is 5.13. The number of aryl methyl sites for hydroxylation is 1. The minimum atomic E-state index is 0.144. The molecule has 0 spiro atoms. The topological polar surface area (TPSA) is 32.3 Å². The fourth-order valence-corrected chi connectivity index (χ4v) is 3.65. The fourth-order valence-electron chi connectivity index (χ4n) is 3.65. The summed E-state index contributed by atoms with van der Waals surface area (Å²) in [5.74, 6) is 1.02. The van der Waals surface area contributed by atoms with Crippen molar-refractivity contribution in [2.75, 3.05) is 19.6 Å². The van der Waals surface area contributed by atoms with Crippen molar-refractivity contribution in [1.82, 2.24) is 10.2 Å². The van der Waals surface area contributed by atoms with E-state index in [1.165, 1.54) is 11.1 Å². The van der Waals surface area contributed by atoms with Crippen molar-refractivity contribution in [2.45, 2.75) is 39.2 Å². The van der Waals surface area contributed by atoms with E-state index in [-0.39, 0.29) is 5.92 Å². The first-order chi connectivity index (χ1) is 10.2. The molecule has 0 bridgehead atoms. The molecule has 1 fully saturated rings. The highest BCUT2D eigenvalue weighted by atomic mass is 16.2. The minimum Gasteiger partial charge on any atom is -0.335 e. The first kappa shape index (κ1) is 14.6. The van der Waals surface area contributed by atoms with Crippen LogP contribution >= 0.6 is 0 Å². The standard InChI is InChI=1S/C18H26N2O/c1-3-10-20(18(21)13(2)15-11-19-12-15)17-9-8-14-6-4-5-7-16(14)17/h4-7,13,15,17,19H,3,8-12H2,1-2H3. The van der Waals surface area contributed by atoms with Crippen molar-refractivity contribution in [3.8, 4) is 0 Å². The third kappa shape index (κ3) is 2.71. The largest absolute Gasteiger partial charge is 0.335 e. The van der Waals surface area contributed by atoms with Crippen LogP contribution in [0.4, 0.5) is 0 Å². The highest BCUT2D eigenvalue weighted by Gasteiger charge is 2.36. The van der Waals surface area contributed by atoms with Gasteiger partial charge >= 0.3 is 0 Å². The second-order valence-corrected chi connectivity index (χ2v) is 6.49. The van der Waals surface area contributed by atoms with E-state index in [2.05, 4.69) is 48.3 Å². The van der Waals surface area contributed by atoms with Crippen LogP contribution in [0.5, 0.6) is 0 Å². The number of nitrogens with zero attached hydrogens (tertiary/aromatic N) is 1. The number of hydrogen-bond donors (Lipinski definition) is 1. The average molecular weight is 286 g/mol. The monoisotopic (exact) mass is 286 g/mol. The molecule has 0 aromatic heterocycles. The van der Waals surface area contributed by atoms with Gasteiger partial charge in [-0.2, -0.15) is 0 Å². The second kappa shape index (κ2) is 6.18. The fraction of sp³-hybridized carbons (Fsp3) is 0.611. The van der Waals surface area contributed by atoms with Gasteiger partial charge < -0.3 is 10.2 Å². The van der Waals surface area contributed by atoms with Crippen LogP contribution in [0.2, 0.25) is 0 Å². The lowest BCUT2D eigenvalue weighted by atomic mass is 9.87. The Kier molecular flexibility index (Phi) is 4.29. The summed E-state index contributed by atoms with van der Waals surface area (Å²) in [5.41, 5.74) is 2.80. The molecule has 2 aliphatic rings. The molecule has 0 saturated carbocycles. The Labute approximate surface area is 127 Å². The summed E-state index contributed by atoms with van der Waals surface area (Å²) in [6, 6.07) is 8.92. The third-order valence-corrected chi connectivity index (χ3v) is 5.13. The number of fused-ring (bicyclic) bond motifs is 1. The maximum atomic E-state index is 13.0. The van der Waals surface area contributed by atoms with Gasteiger partial charge in [-0.1, -0.05) is 38.1 Å². The summed E-state index contributed by atoms with van der Waals surface area (Å²) in [6.07, 6.45) is 3.22. The SMILES string of the molecule is CCCN(C(=O)C(C)C1CNC1)C1CCc2ccccc21. The average Bonchev–Trinajstić information content (AvgIpc) is 2.86. The highest BCUT2D eigenvalue weighted by molar-refractivity contribution is 5.79. The highest BCUT2D eigenvalue weighted by Crippen LogP contribution is 2.37. The molecule has 1 aliphatic carbocycles. The minimum absolute atomic E-state index is 0.144. The van der Waals surface area contributed by atoms with Gasteiger partial charge in [-0.25, -0.2) is 0 Å². The molecule has 1 saturated heterocycles. The Hall–Kier alpha value is -1.35.